The van der Waals surface area contributed by atoms with Crippen LogP contribution in [-0.4, -0.2) is 41.7 Å². The maximum absolute atomic E-state index is 13.0. The SMILES string of the molecule is CC1=C(c2cc(C(=O)CCC/C=C3/Nc4ccc(C)cc4N3C)cc(C)n2)C(C)=[N+](C)CC1. The van der Waals surface area contributed by atoms with E-state index in [-0.39, 0.29) is 5.78 Å². The second kappa shape index (κ2) is 9.34. The first-order valence-corrected chi connectivity index (χ1v) is 11.8. The van der Waals surface area contributed by atoms with Crippen LogP contribution in [0, 0.1) is 13.8 Å². The molecule has 1 aromatic heterocycles. The zero-order chi connectivity index (χ0) is 23.7. The van der Waals surface area contributed by atoms with E-state index in [9.17, 15) is 4.79 Å². The summed E-state index contributed by atoms with van der Waals surface area (Å²) in [7, 11) is 4.20. The number of unbranched alkanes of at least 4 members (excludes halogenated alkanes) is 1. The second-order valence-corrected chi connectivity index (χ2v) is 9.40. The highest BCUT2D eigenvalue weighted by atomic mass is 16.1. The molecule has 4 rings (SSSR count). The van der Waals surface area contributed by atoms with Crippen LogP contribution in [0.15, 0.2) is 47.8 Å². The summed E-state index contributed by atoms with van der Waals surface area (Å²) < 4.78 is 2.27. The van der Waals surface area contributed by atoms with Crippen LogP contribution in [-0.2, 0) is 0 Å². The van der Waals surface area contributed by atoms with Crippen LogP contribution in [0.3, 0.4) is 0 Å². The number of nitrogens with zero attached hydrogens (tertiary/aromatic N) is 3. The first kappa shape index (κ1) is 23.0. The predicted octanol–water partition coefficient (Wildman–Crippen LogP) is 5.74. The molecule has 33 heavy (non-hydrogen) atoms. The van der Waals surface area contributed by atoms with E-state index in [0.29, 0.717) is 6.42 Å². The number of fused-ring (bicyclic) bond motifs is 1. The monoisotopic (exact) mass is 443 g/mol. The van der Waals surface area contributed by atoms with Crippen molar-refractivity contribution in [2.24, 2.45) is 0 Å². The highest BCUT2D eigenvalue weighted by Gasteiger charge is 2.24. The van der Waals surface area contributed by atoms with Gasteiger partial charge in [-0.05, 0) is 69.5 Å². The second-order valence-electron chi connectivity index (χ2n) is 9.40. The van der Waals surface area contributed by atoms with Crippen molar-refractivity contribution in [3.63, 3.8) is 0 Å². The maximum Gasteiger partial charge on any atom is 0.182 e. The first-order chi connectivity index (χ1) is 15.7. The van der Waals surface area contributed by atoms with Crippen molar-refractivity contribution in [3.05, 3.63) is 70.3 Å². The van der Waals surface area contributed by atoms with Gasteiger partial charge in [0.15, 0.2) is 11.5 Å². The summed E-state index contributed by atoms with van der Waals surface area (Å²) in [6.45, 7) is 9.44. The lowest BCUT2D eigenvalue weighted by Crippen LogP contribution is -2.23. The van der Waals surface area contributed by atoms with E-state index >= 15 is 0 Å². The molecule has 2 aromatic rings. The Kier molecular flexibility index (Phi) is 6.50. The predicted molar refractivity (Wildman–Crippen MR) is 137 cm³/mol. The molecule has 0 amide bonds. The van der Waals surface area contributed by atoms with Crippen LogP contribution in [0.4, 0.5) is 11.4 Å². The number of pyridine rings is 1. The van der Waals surface area contributed by atoms with Crippen LogP contribution in [0.5, 0.6) is 0 Å². The molecule has 0 saturated heterocycles. The molecule has 0 unspecified atom stereocenters. The van der Waals surface area contributed by atoms with Gasteiger partial charge in [-0.15, -0.1) is 0 Å². The minimum atomic E-state index is 0.187. The molecule has 2 aliphatic heterocycles. The van der Waals surface area contributed by atoms with Gasteiger partial charge in [0.2, 0.25) is 0 Å². The number of nitrogens with one attached hydrogen (secondary N) is 1. The molecule has 0 saturated carbocycles. The number of Topliss-reactive ketones (excluding diaryl/α,β-unsaturated/α-hetero) is 1. The fraction of sp³-hybridized carbons (Fsp3) is 0.393. The normalized spacial score (nSPS) is 17.0. The highest BCUT2D eigenvalue weighted by Crippen LogP contribution is 2.36. The number of rotatable bonds is 6. The molecular weight excluding hydrogens is 408 g/mol. The summed E-state index contributed by atoms with van der Waals surface area (Å²) in [5.41, 5.74) is 9.93. The lowest BCUT2D eigenvalue weighted by Gasteiger charge is -2.17. The molecule has 0 atom stereocenters. The molecular formula is C28H35N4O+. The Bertz CT molecular complexity index is 1200. The van der Waals surface area contributed by atoms with Gasteiger partial charge in [0.1, 0.15) is 19.4 Å². The third-order valence-corrected chi connectivity index (χ3v) is 6.80. The Hall–Kier alpha value is -3.21. The molecule has 1 N–H and O–H groups in total. The number of benzene rings is 1. The van der Waals surface area contributed by atoms with Gasteiger partial charge in [-0.1, -0.05) is 11.6 Å². The number of aromatic nitrogens is 1. The Balaban J connectivity index is 1.42. The highest BCUT2D eigenvalue weighted by molar-refractivity contribution is 6.21. The van der Waals surface area contributed by atoms with E-state index in [2.05, 4.69) is 73.9 Å². The van der Waals surface area contributed by atoms with Crippen LogP contribution < -0.4 is 10.2 Å². The summed E-state index contributed by atoms with van der Waals surface area (Å²) in [6, 6.07) is 10.3. The van der Waals surface area contributed by atoms with Gasteiger partial charge >= 0.3 is 0 Å². The molecule has 5 nitrogen and oxygen atoms in total. The Labute approximate surface area is 197 Å². The molecule has 5 heteroatoms. The number of carbonyl (C=O) groups excluding carboxylic acids is 1. The molecule has 0 fully saturated rings. The number of ketones is 1. The van der Waals surface area contributed by atoms with E-state index in [1.54, 1.807) is 0 Å². The van der Waals surface area contributed by atoms with Gasteiger partial charge in [-0.3, -0.25) is 9.78 Å². The van der Waals surface area contributed by atoms with Crippen LogP contribution >= 0.6 is 0 Å². The lowest BCUT2D eigenvalue weighted by molar-refractivity contribution is -0.497. The van der Waals surface area contributed by atoms with Gasteiger partial charge in [-0.25, -0.2) is 4.58 Å². The molecule has 0 radical (unpaired) electrons. The largest absolute Gasteiger partial charge is 0.340 e. The third-order valence-electron chi connectivity index (χ3n) is 6.80. The number of hydrogen-bond acceptors (Lipinski definition) is 4. The smallest absolute Gasteiger partial charge is 0.182 e. The van der Waals surface area contributed by atoms with Gasteiger partial charge in [0.05, 0.1) is 22.6 Å². The van der Waals surface area contributed by atoms with E-state index in [0.717, 1.165) is 54.3 Å². The Morgan fingerprint density at radius 1 is 1.18 bits per heavy atom. The van der Waals surface area contributed by atoms with Crippen molar-refractivity contribution >= 4 is 28.4 Å². The van der Waals surface area contributed by atoms with E-state index < -0.39 is 0 Å². The lowest BCUT2D eigenvalue weighted by atomic mass is 9.94. The third kappa shape index (κ3) is 4.77. The molecule has 3 heterocycles. The minimum Gasteiger partial charge on any atom is -0.340 e. The van der Waals surface area contributed by atoms with E-state index in [1.165, 1.54) is 28.1 Å². The maximum atomic E-state index is 13.0. The average molecular weight is 444 g/mol. The van der Waals surface area contributed by atoms with Crippen molar-refractivity contribution in [1.29, 1.82) is 0 Å². The number of aryl methyl sites for hydroxylation is 2. The van der Waals surface area contributed by atoms with Crippen molar-refractivity contribution in [2.75, 3.05) is 30.9 Å². The molecule has 172 valence electrons. The van der Waals surface area contributed by atoms with Crippen molar-refractivity contribution in [3.8, 4) is 0 Å². The van der Waals surface area contributed by atoms with Crippen molar-refractivity contribution < 1.29 is 9.37 Å². The van der Waals surface area contributed by atoms with Crippen LogP contribution in [0.25, 0.3) is 5.57 Å². The minimum absolute atomic E-state index is 0.187. The van der Waals surface area contributed by atoms with Gasteiger partial charge < -0.3 is 10.2 Å². The number of allylic oxidation sites excluding steroid dienone is 2. The summed E-state index contributed by atoms with van der Waals surface area (Å²) in [4.78, 5) is 20.0. The summed E-state index contributed by atoms with van der Waals surface area (Å²) >= 11 is 0. The molecule has 2 aliphatic rings. The zero-order valence-electron chi connectivity index (χ0n) is 20.7. The van der Waals surface area contributed by atoms with E-state index in [4.69, 9.17) is 4.98 Å². The van der Waals surface area contributed by atoms with Crippen molar-refractivity contribution in [1.82, 2.24) is 4.98 Å². The zero-order valence-corrected chi connectivity index (χ0v) is 20.7. The fourth-order valence-corrected chi connectivity index (χ4v) is 4.70. The molecule has 1 aromatic carbocycles. The Morgan fingerprint density at radius 3 is 2.76 bits per heavy atom. The van der Waals surface area contributed by atoms with Crippen LogP contribution in [0.2, 0.25) is 0 Å². The summed E-state index contributed by atoms with van der Waals surface area (Å²) in [5, 5.41) is 3.48. The Morgan fingerprint density at radius 2 is 1.97 bits per heavy atom. The fourth-order valence-electron chi connectivity index (χ4n) is 4.70. The number of anilines is 2. The first-order valence-electron chi connectivity index (χ1n) is 11.8. The van der Waals surface area contributed by atoms with Gasteiger partial charge in [-0.2, -0.15) is 0 Å². The quantitative estimate of drug-likeness (QED) is 0.352. The number of carbonyl (C=O) groups is 1. The standard InChI is InChI=1S/C28H35N4O/c1-18-11-12-23-25(15-18)32(6)27(30-23)10-8-7-9-26(33)22-16-20(3)29-24(17-22)28-19(2)13-14-31(5)21(28)4/h10-12,15-17,30H,7-9,13-14H2,1-6H3/q+1/b27-10-. The number of hydrogen-bond donors (Lipinski definition) is 1. The van der Waals surface area contributed by atoms with Gasteiger partial charge in [0.25, 0.3) is 0 Å². The van der Waals surface area contributed by atoms with Crippen molar-refractivity contribution in [2.45, 2.75) is 53.4 Å². The summed E-state index contributed by atoms with van der Waals surface area (Å²) in [6.07, 6.45) is 5.42. The molecule has 0 bridgehead atoms. The molecule has 0 spiro atoms. The average Bonchev–Trinajstić information content (AvgIpc) is 3.08. The summed E-state index contributed by atoms with van der Waals surface area (Å²) in [5.74, 6) is 1.27. The molecule has 0 aliphatic carbocycles. The van der Waals surface area contributed by atoms with Gasteiger partial charge in [0, 0.05) is 38.1 Å². The van der Waals surface area contributed by atoms with E-state index in [1.807, 2.05) is 19.1 Å². The van der Waals surface area contributed by atoms with Crippen LogP contribution in [0.1, 0.15) is 66.8 Å². The topological polar surface area (TPSA) is 48.2 Å².